The van der Waals surface area contributed by atoms with Gasteiger partial charge in [0.25, 0.3) is 0 Å². The molecule has 160 valence electrons. The predicted octanol–water partition coefficient (Wildman–Crippen LogP) is 6.82. The molecule has 0 saturated carbocycles. The lowest BCUT2D eigenvalue weighted by molar-refractivity contribution is -0.114. The average Bonchev–Trinajstić information content (AvgIpc) is 2.69. The summed E-state index contributed by atoms with van der Waals surface area (Å²) < 4.78 is 0. The lowest BCUT2D eigenvalue weighted by atomic mass is 10.0. The van der Waals surface area contributed by atoms with E-state index < -0.39 is 0 Å². The molecule has 28 heavy (non-hydrogen) atoms. The fourth-order valence-corrected chi connectivity index (χ4v) is 3.72. The van der Waals surface area contributed by atoms with E-state index in [4.69, 9.17) is 0 Å². The minimum Gasteiger partial charge on any atom is -0.382 e. The van der Waals surface area contributed by atoms with Crippen molar-refractivity contribution in [3.8, 4) is 0 Å². The van der Waals surface area contributed by atoms with Crippen LogP contribution in [0.3, 0.4) is 0 Å². The van der Waals surface area contributed by atoms with Crippen LogP contribution in [0.4, 0.5) is 0 Å². The van der Waals surface area contributed by atoms with Crippen molar-refractivity contribution in [2.75, 3.05) is 6.54 Å². The largest absolute Gasteiger partial charge is 0.382 e. The summed E-state index contributed by atoms with van der Waals surface area (Å²) >= 11 is 0. The average molecular weight is 390 g/mol. The van der Waals surface area contributed by atoms with Crippen molar-refractivity contribution in [2.45, 2.75) is 116 Å². The zero-order valence-corrected chi connectivity index (χ0v) is 18.3. The van der Waals surface area contributed by atoms with E-state index in [0.29, 0.717) is 5.70 Å². The van der Waals surface area contributed by atoms with Crippen molar-refractivity contribution in [2.24, 2.45) is 0 Å². The van der Waals surface area contributed by atoms with E-state index in [0.717, 1.165) is 13.0 Å². The maximum atomic E-state index is 11.6. The lowest BCUT2D eigenvalue weighted by Crippen LogP contribution is -2.23. The molecule has 0 aliphatic heterocycles. The van der Waals surface area contributed by atoms with Gasteiger partial charge in [0.05, 0.1) is 5.70 Å². The van der Waals surface area contributed by atoms with Gasteiger partial charge in [-0.2, -0.15) is 0 Å². The van der Waals surface area contributed by atoms with Crippen molar-refractivity contribution >= 4 is 11.6 Å². The summed E-state index contributed by atoms with van der Waals surface area (Å²) in [4.78, 5) is 22.8. The number of rotatable bonds is 19. The Morgan fingerprint density at radius 2 is 1.04 bits per heavy atom. The second kappa shape index (κ2) is 17.7. The fourth-order valence-electron chi connectivity index (χ4n) is 3.72. The lowest BCUT2D eigenvalue weighted by Gasteiger charge is -2.10. The Balaban J connectivity index is 1.75. The van der Waals surface area contributed by atoms with Gasteiger partial charge in [-0.05, 0) is 18.6 Å². The first-order valence-electron chi connectivity index (χ1n) is 12.0. The molecule has 0 saturated heterocycles. The standard InChI is InChI=1S/C25H43NO2/c1-2-3-4-5-6-7-8-9-10-11-12-13-14-15-16-17-18-21-26-24-22-23(27)19-20-25(24)28/h19-20,22,26H,2-18,21H2,1H3. The first-order chi connectivity index (χ1) is 13.7. The van der Waals surface area contributed by atoms with Crippen LogP contribution < -0.4 is 5.32 Å². The third-order valence-electron chi connectivity index (χ3n) is 5.55. The van der Waals surface area contributed by atoms with Gasteiger partial charge in [0, 0.05) is 12.6 Å². The topological polar surface area (TPSA) is 46.2 Å². The summed E-state index contributed by atoms with van der Waals surface area (Å²) in [5.41, 5.74) is 0.448. The van der Waals surface area contributed by atoms with Crippen LogP contribution in [0.25, 0.3) is 0 Å². The van der Waals surface area contributed by atoms with Crippen LogP contribution in [0.2, 0.25) is 0 Å². The Morgan fingerprint density at radius 1 is 0.607 bits per heavy atom. The van der Waals surface area contributed by atoms with Crippen molar-refractivity contribution in [3.05, 3.63) is 23.9 Å². The highest BCUT2D eigenvalue weighted by molar-refractivity contribution is 6.16. The van der Waals surface area contributed by atoms with Crippen LogP contribution in [0.1, 0.15) is 116 Å². The van der Waals surface area contributed by atoms with Crippen LogP contribution in [0.15, 0.2) is 23.9 Å². The SMILES string of the molecule is CCCCCCCCCCCCCCCCCCCNC1=CC(=O)C=CC1=O. The van der Waals surface area contributed by atoms with E-state index in [1.807, 2.05) is 0 Å². The number of allylic oxidation sites excluding steroid dienone is 3. The maximum absolute atomic E-state index is 11.6. The summed E-state index contributed by atoms with van der Waals surface area (Å²) in [5, 5.41) is 3.09. The maximum Gasteiger partial charge on any atom is 0.201 e. The molecule has 0 aromatic rings. The predicted molar refractivity (Wildman–Crippen MR) is 119 cm³/mol. The number of carbonyl (C=O) groups excluding carboxylic acids is 2. The molecule has 0 radical (unpaired) electrons. The highest BCUT2D eigenvalue weighted by Gasteiger charge is 2.11. The molecule has 1 rings (SSSR count). The molecule has 0 amide bonds. The van der Waals surface area contributed by atoms with Crippen LogP contribution in [0, 0.1) is 0 Å². The second-order valence-electron chi connectivity index (χ2n) is 8.24. The normalized spacial score (nSPS) is 13.8. The number of nitrogens with one attached hydrogen (secondary N) is 1. The van der Waals surface area contributed by atoms with E-state index in [-0.39, 0.29) is 11.6 Å². The van der Waals surface area contributed by atoms with Crippen LogP contribution in [0.5, 0.6) is 0 Å². The number of hydrogen-bond acceptors (Lipinski definition) is 3. The van der Waals surface area contributed by atoms with Crippen molar-refractivity contribution in [1.29, 1.82) is 0 Å². The van der Waals surface area contributed by atoms with Gasteiger partial charge in [-0.25, -0.2) is 0 Å². The molecule has 0 bridgehead atoms. The number of unbranched alkanes of at least 4 members (excludes halogenated alkanes) is 16. The van der Waals surface area contributed by atoms with Crippen molar-refractivity contribution in [3.63, 3.8) is 0 Å². The van der Waals surface area contributed by atoms with Gasteiger partial charge in [0.15, 0.2) is 5.78 Å². The van der Waals surface area contributed by atoms with Gasteiger partial charge in [-0.3, -0.25) is 9.59 Å². The minimum absolute atomic E-state index is 0.0911. The van der Waals surface area contributed by atoms with Gasteiger partial charge in [-0.15, -0.1) is 0 Å². The van der Waals surface area contributed by atoms with Gasteiger partial charge in [-0.1, -0.05) is 110 Å². The Kier molecular flexibility index (Phi) is 15.6. The third kappa shape index (κ3) is 13.7. The van der Waals surface area contributed by atoms with Gasteiger partial charge < -0.3 is 5.32 Å². The molecule has 0 spiro atoms. The van der Waals surface area contributed by atoms with E-state index in [2.05, 4.69) is 12.2 Å². The zero-order valence-electron chi connectivity index (χ0n) is 18.3. The Morgan fingerprint density at radius 3 is 1.50 bits per heavy atom. The van der Waals surface area contributed by atoms with Crippen LogP contribution in [-0.4, -0.2) is 18.1 Å². The fraction of sp³-hybridized carbons (Fsp3) is 0.760. The third-order valence-corrected chi connectivity index (χ3v) is 5.55. The van der Waals surface area contributed by atoms with Gasteiger partial charge >= 0.3 is 0 Å². The van der Waals surface area contributed by atoms with E-state index >= 15 is 0 Å². The Hall–Kier alpha value is -1.38. The number of hydrogen-bond donors (Lipinski definition) is 1. The second-order valence-corrected chi connectivity index (χ2v) is 8.24. The molecular formula is C25H43NO2. The summed E-state index contributed by atoms with van der Waals surface area (Å²) in [7, 11) is 0. The van der Waals surface area contributed by atoms with Crippen molar-refractivity contribution in [1.82, 2.24) is 5.32 Å². The molecule has 0 atom stereocenters. The molecule has 0 unspecified atom stereocenters. The first kappa shape index (κ1) is 24.7. The summed E-state index contributed by atoms with van der Waals surface area (Å²) in [6.45, 7) is 3.05. The first-order valence-corrected chi connectivity index (χ1v) is 12.0. The van der Waals surface area contributed by atoms with E-state index in [1.54, 1.807) is 0 Å². The van der Waals surface area contributed by atoms with Crippen LogP contribution >= 0.6 is 0 Å². The highest BCUT2D eigenvalue weighted by Crippen LogP contribution is 2.14. The van der Waals surface area contributed by atoms with Gasteiger partial charge in [0.2, 0.25) is 5.78 Å². The Bertz CT molecular complexity index is 479. The minimum atomic E-state index is -0.107. The molecule has 0 aromatic heterocycles. The molecular weight excluding hydrogens is 346 g/mol. The van der Waals surface area contributed by atoms with Gasteiger partial charge in [0.1, 0.15) is 0 Å². The highest BCUT2D eigenvalue weighted by atomic mass is 16.1. The quantitative estimate of drug-likeness (QED) is 0.195. The molecule has 1 aliphatic rings. The summed E-state index contributed by atoms with van der Waals surface area (Å²) in [6.07, 6.45) is 27.3. The smallest absolute Gasteiger partial charge is 0.201 e. The molecule has 3 nitrogen and oxygen atoms in total. The van der Waals surface area contributed by atoms with E-state index in [1.165, 1.54) is 121 Å². The van der Waals surface area contributed by atoms with Crippen molar-refractivity contribution < 1.29 is 9.59 Å². The molecule has 1 N–H and O–H groups in total. The Labute approximate surface area is 173 Å². The van der Waals surface area contributed by atoms with Crippen LogP contribution in [-0.2, 0) is 9.59 Å². The summed E-state index contributed by atoms with van der Waals surface area (Å²) in [6, 6.07) is 0. The summed E-state index contributed by atoms with van der Waals surface area (Å²) in [5.74, 6) is -0.198. The molecule has 0 heterocycles. The molecule has 1 aliphatic carbocycles. The monoisotopic (exact) mass is 389 g/mol. The molecule has 0 fully saturated rings. The molecule has 3 heteroatoms. The number of carbonyl (C=O) groups is 2. The molecule has 0 aromatic carbocycles. The zero-order chi connectivity index (χ0) is 20.3. The number of ketones is 2. The van der Waals surface area contributed by atoms with E-state index in [9.17, 15) is 9.59 Å².